The van der Waals surface area contributed by atoms with E-state index >= 15 is 0 Å². The van der Waals surface area contributed by atoms with Gasteiger partial charge in [0.05, 0.1) is 35.6 Å². The first-order valence-corrected chi connectivity index (χ1v) is 14.5. The number of hydrogen-bond donors (Lipinski definition) is 1. The average molecular weight is 522 g/mol. The third kappa shape index (κ3) is 4.32. The number of nitrogens with one attached hydrogen (secondary N) is 1. The largest absolute Gasteiger partial charge is 0.378 e. The van der Waals surface area contributed by atoms with Gasteiger partial charge in [-0.1, -0.05) is 42.1 Å². The lowest BCUT2D eigenvalue weighted by Crippen LogP contribution is -2.39. The van der Waals surface area contributed by atoms with Crippen LogP contribution >= 0.6 is 23.1 Å². The minimum absolute atomic E-state index is 0.113. The Hall–Kier alpha value is -2.46. The molecule has 6 rings (SSSR count). The topological polar surface area (TPSA) is 72.4 Å². The molecule has 1 unspecified atom stereocenters. The Kier molecular flexibility index (Phi) is 6.27. The van der Waals surface area contributed by atoms with E-state index in [4.69, 9.17) is 24.4 Å². The summed E-state index contributed by atoms with van der Waals surface area (Å²) in [7, 11) is 0. The second-order valence-electron chi connectivity index (χ2n) is 10.0. The second kappa shape index (κ2) is 9.45. The van der Waals surface area contributed by atoms with Crippen molar-refractivity contribution in [2.24, 2.45) is 0 Å². The summed E-state index contributed by atoms with van der Waals surface area (Å²) in [4.78, 5) is 18.5. The standard InChI is InChI=1S/C27H31N5O2S2/c1-16(17-8-6-5-7-9-17)28-23-22-21(29-26(30-23)35-4)20-18-14-27(2,3)34-15-19(18)24(31-25(20)36-22)32-10-12-33-13-11-32/h5-9,16H,10-15H2,1-4H3,(H,28,29,30). The molecule has 5 heterocycles. The number of pyridine rings is 1. The average Bonchev–Trinajstić information content (AvgIpc) is 3.27. The number of rotatable bonds is 5. The van der Waals surface area contributed by atoms with Crippen LogP contribution in [0.2, 0.25) is 0 Å². The Morgan fingerprint density at radius 3 is 2.61 bits per heavy atom. The van der Waals surface area contributed by atoms with Crippen molar-refractivity contribution >= 4 is 55.2 Å². The van der Waals surface area contributed by atoms with Crippen LogP contribution in [0.25, 0.3) is 20.4 Å². The van der Waals surface area contributed by atoms with Crippen LogP contribution in [0, 0.1) is 0 Å². The maximum Gasteiger partial charge on any atom is 0.189 e. The van der Waals surface area contributed by atoms with Gasteiger partial charge >= 0.3 is 0 Å². The third-order valence-electron chi connectivity index (χ3n) is 6.99. The number of nitrogens with zero attached hydrogens (tertiary/aromatic N) is 4. The van der Waals surface area contributed by atoms with Gasteiger partial charge in [0, 0.05) is 36.5 Å². The predicted octanol–water partition coefficient (Wildman–Crippen LogP) is 5.82. The first-order chi connectivity index (χ1) is 17.4. The van der Waals surface area contributed by atoms with E-state index in [0.29, 0.717) is 6.61 Å². The molecule has 1 N–H and O–H groups in total. The lowest BCUT2D eigenvalue weighted by Gasteiger charge is -2.36. The molecule has 0 radical (unpaired) electrons. The summed E-state index contributed by atoms with van der Waals surface area (Å²) < 4.78 is 13.0. The van der Waals surface area contributed by atoms with E-state index in [1.54, 1.807) is 23.1 Å². The molecule has 0 amide bonds. The van der Waals surface area contributed by atoms with Gasteiger partial charge in [-0.15, -0.1) is 11.3 Å². The van der Waals surface area contributed by atoms with Crippen LogP contribution in [0.15, 0.2) is 35.5 Å². The molecule has 36 heavy (non-hydrogen) atoms. The molecule has 0 saturated carbocycles. The van der Waals surface area contributed by atoms with Crippen molar-refractivity contribution in [1.82, 2.24) is 15.0 Å². The van der Waals surface area contributed by atoms with Gasteiger partial charge in [0.25, 0.3) is 0 Å². The van der Waals surface area contributed by atoms with Gasteiger partial charge in [0.15, 0.2) is 5.16 Å². The number of thiophene rings is 1. The van der Waals surface area contributed by atoms with Gasteiger partial charge in [0.2, 0.25) is 0 Å². The Bertz CT molecular complexity index is 1420. The number of ether oxygens (including phenoxy) is 2. The molecular weight excluding hydrogens is 490 g/mol. The number of morpholine rings is 1. The highest BCUT2D eigenvalue weighted by molar-refractivity contribution is 7.98. The monoisotopic (exact) mass is 521 g/mol. The van der Waals surface area contributed by atoms with E-state index in [2.05, 4.69) is 55.3 Å². The molecular formula is C27H31N5O2S2. The first kappa shape index (κ1) is 23.9. The molecule has 3 aromatic heterocycles. The van der Waals surface area contributed by atoms with Gasteiger partial charge in [-0.2, -0.15) is 0 Å². The maximum atomic E-state index is 6.29. The molecule has 1 aromatic carbocycles. The van der Waals surface area contributed by atoms with E-state index in [1.807, 2.05) is 12.3 Å². The highest BCUT2D eigenvalue weighted by atomic mass is 32.2. The van der Waals surface area contributed by atoms with Crippen molar-refractivity contribution in [3.05, 3.63) is 47.0 Å². The molecule has 7 nitrogen and oxygen atoms in total. The summed E-state index contributed by atoms with van der Waals surface area (Å²) in [5, 5.41) is 5.60. The molecule has 1 atom stereocenters. The van der Waals surface area contributed by atoms with E-state index in [1.165, 1.54) is 16.7 Å². The molecule has 188 valence electrons. The van der Waals surface area contributed by atoms with Crippen LogP contribution in [0.5, 0.6) is 0 Å². The minimum atomic E-state index is -0.240. The zero-order valence-corrected chi connectivity index (χ0v) is 22.8. The van der Waals surface area contributed by atoms with E-state index < -0.39 is 0 Å². The molecule has 0 spiro atoms. The van der Waals surface area contributed by atoms with Crippen LogP contribution in [0.3, 0.4) is 0 Å². The smallest absolute Gasteiger partial charge is 0.189 e. The van der Waals surface area contributed by atoms with Crippen molar-refractivity contribution < 1.29 is 9.47 Å². The number of thioether (sulfide) groups is 1. The van der Waals surface area contributed by atoms with Gasteiger partial charge in [-0.25, -0.2) is 15.0 Å². The van der Waals surface area contributed by atoms with Crippen molar-refractivity contribution in [2.75, 3.05) is 42.8 Å². The highest BCUT2D eigenvalue weighted by Crippen LogP contribution is 2.45. The maximum absolute atomic E-state index is 6.29. The lowest BCUT2D eigenvalue weighted by atomic mass is 9.90. The van der Waals surface area contributed by atoms with Crippen molar-refractivity contribution in [1.29, 1.82) is 0 Å². The van der Waals surface area contributed by atoms with Crippen molar-refractivity contribution in [2.45, 2.75) is 50.6 Å². The Morgan fingerprint density at radius 2 is 1.86 bits per heavy atom. The molecule has 4 aromatic rings. The summed E-state index contributed by atoms with van der Waals surface area (Å²) >= 11 is 3.26. The normalized spacial score (nSPS) is 18.4. The molecule has 2 aliphatic heterocycles. The third-order valence-corrected chi connectivity index (χ3v) is 8.62. The Morgan fingerprint density at radius 1 is 1.08 bits per heavy atom. The Balaban J connectivity index is 1.56. The van der Waals surface area contributed by atoms with Crippen molar-refractivity contribution in [3.63, 3.8) is 0 Å². The number of hydrogen-bond acceptors (Lipinski definition) is 9. The highest BCUT2D eigenvalue weighted by Gasteiger charge is 2.33. The SMILES string of the molecule is CSc1nc(NC(C)c2ccccc2)c2sc3nc(N4CCOCC4)c4c(c3c2n1)CC(C)(C)OC4. The van der Waals surface area contributed by atoms with Gasteiger partial charge in [0.1, 0.15) is 16.5 Å². The lowest BCUT2D eigenvalue weighted by molar-refractivity contribution is -0.0396. The van der Waals surface area contributed by atoms with E-state index in [0.717, 1.165) is 69.9 Å². The molecule has 0 aliphatic carbocycles. The van der Waals surface area contributed by atoms with Crippen LogP contribution in [-0.4, -0.2) is 53.1 Å². The Labute approximate surface area is 219 Å². The zero-order valence-electron chi connectivity index (χ0n) is 21.1. The van der Waals surface area contributed by atoms with Crippen LogP contribution in [0.1, 0.15) is 43.5 Å². The van der Waals surface area contributed by atoms with E-state index in [-0.39, 0.29) is 11.6 Å². The quantitative estimate of drug-likeness (QED) is 0.260. The van der Waals surface area contributed by atoms with E-state index in [9.17, 15) is 0 Å². The molecule has 9 heteroatoms. The summed E-state index contributed by atoms with van der Waals surface area (Å²) in [6, 6.07) is 10.6. The van der Waals surface area contributed by atoms with Gasteiger partial charge < -0.3 is 19.7 Å². The second-order valence-corrected chi connectivity index (χ2v) is 11.8. The number of aromatic nitrogens is 3. The number of fused-ring (bicyclic) bond motifs is 5. The number of anilines is 2. The zero-order chi connectivity index (χ0) is 24.9. The van der Waals surface area contributed by atoms with Crippen LogP contribution in [-0.2, 0) is 22.5 Å². The molecule has 1 saturated heterocycles. The van der Waals surface area contributed by atoms with Gasteiger partial charge in [-0.05, 0) is 38.2 Å². The minimum Gasteiger partial charge on any atom is -0.378 e. The fraction of sp³-hybridized carbons (Fsp3) is 0.444. The van der Waals surface area contributed by atoms with Crippen LogP contribution in [0.4, 0.5) is 11.6 Å². The summed E-state index contributed by atoms with van der Waals surface area (Å²) in [5.74, 6) is 1.91. The molecule has 1 fully saturated rings. The summed E-state index contributed by atoms with van der Waals surface area (Å²) in [6.45, 7) is 10.2. The predicted molar refractivity (Wildman–Crippen MR) is 149 cm³/mol. The summed E-state index contributed by atoms with van der Waals surface area (Å²) in [5.41, 5.74) is 4.49. The molecule has 0 bridgehead atoms. The summed E-state index contributed by atoms with van der Waals surface area (Å²) in [6.07, 6.45) is 2.85. The van der Waals surface area contributed by atoms with Gasteiger partial charge in [-0.3, -0.25) is 0 Å². The number of benzene rings is 1. The fourth-order valence-electron chi connectivity index (χ4n) is 5.09. The van der Waals surface area contributed by atoms with Crippen LogP contribution < -0.4 is 10.2 Å². The first-order valence-electron chi connectivity index (χ1n) is 12.4. The fourth-order valence-corrected chi connectivity index (χ4v) is 6.55. The van der Waals surface area contributed by atoms with Crippen molar-refractivity contribution in [3.8, 4) is 0 Å². The molecule has 2 aliphatic rings.